The lowest BCUT2D eigenvalue weighted by atomic mass is 10.0. The number of halogens is 3. The average molecular weight is 616 g/mol. The van der Waals surface area contributed by atoms with E-state index in [2.05, 4.69) is 22.5 Å². The average Bonchev–Trinajstić information content (AvgIpc) is 3.59. The van der Waals surface area contributed by atoms with Crippen LogP contribution in [0.2, 0.25) is 0 Å². The number of methoxy groups -OCH3 is 1. The summed E-state index contributed by atoms with van der Waals surface area (Å²) in [6, 6.07) is 9.39. The molecule has 0 bridgehead atoms. The molecule has 0 radical (unpaired) electrons. The third kappa shape index (κ3) is 5.48. The molecular weight excluding hydrogens is 587 g/mol. The molecule has 230 valence electrons. The first kappa shape index (κ1) is 29.8. The molecule has 1 amide bonds. The van der Waals surface area contributed by atoms with Crippen molar-refractivity contribution in [1.29, 1.82) is 0 Å². The number of carbonyl (C=O) groups is 2. The van der Waals surface area contributed by atoms with Crippen molar-refractivity contribution in [2.75, 3.05) is 19.0 Å². The Morgan fingerprint density at radius 2 is 1.82 bits per heavy atom. The Balaban J connectivity index is 1.32. The van der Waals surface area contributed by atoms with E-state index in [-0.39, 0.29) is 39.0 Å². The Labute approximate surface area is 255 Å². The van der Waals surface area contributed by atoms with Gasteiger partial charge in [-0.1, -0.05) is 12.1 Å². The SMILES string of the molecule is COc1cc2c(c(F)c1-c1cccn3c(C(=O)c4cc(F)c(NC(=O)/C=C/CNC5(C)CC5)c(F)c4)ccc13)c(=O)ncn2C. The van der Waals surface area contributed by atoms with Gasteiger partial charge in [0.15, 0.2) is 0 Å². The van der Waals surface area contributed by atoms with Crippen LogP contribution in [0.3, 0.4) is 0 Å². The third-order valence-electron chi connectivity index (χ3n) is 8.03. The first-order valence-electron chi connectivity index (χ1n) is 14.1. The van der Waals surface area contributed by atoms with E-state index >= 15 is 13.2 Å². The predicted molar refractivity (Wildman–Crippen MR) is 163 cm³/mol. The van der Waals surface area contributed by atoms with Crippen LogP contribution in [0.4, 0.5) is 18.9 Å². The highest BCUT2D eigenvalue weighted by atomic mass is 19.1. The van der Waals surface area contributed by atoms with Gasteiger partial charge in [-0.15, -0.1) is 0 Å². The molecule has 1 aliphatic carbocycles. The molecule has 2 aromatic carbocycles. The Morgan fingerprint density at radius 3 is 2.51 bits per heavy atom. The van der Waals surface area contributed by atoms with Crippen molar-refractivity contribution in [2.24, 2.45) is 7.05 Å². The smallest absolute Gasteiger partial charge is 0.283 e. The highest BCUT2D eigenvalue weighted by Crippen LogP contribution is 2.39. The van der Waals surface area contributed by atoms with E-state index < -0.39 is 40.4 Å². The number of nitrogens with zero attached hydrogens (tertiary/aromatic N) is 3. The van der Waals surface area contributed by atoms with E-state index in [9.17, 15) is 14.4 Å². The molecular formula is C33H28F3N5O4. The number of benzene rings is 2. The number of hydrogen-bond donors (Lipinski definition) is 2. The Hall–Kier alpha value is -5.23. The number of ether oxygens (including phenoxy) is 1. The number of pyridine rings is 1. The molecule has 3 heterocycles. The van der Waals surface area contributed by atoms with Gasteiger partial charge in [0, 0.05) is 48.6 Å². The summed E-state index contributed by atoms with van der Waals surface area (Å²) >= 11 is 0. The molecule has 9 nitrogen and oxygen atoms in total. The molecule has 5 aromatic rings. The van der Waals surface area contributed by atoms with E-state index in [1.807, 2.05) is 0 Å². The van der Waals surface area contributed by atoms with Crippen molar-refractivity contribution in [1.82, 2.24) is 19.3 Å². The molecule has 0 unspecified atom stereocenters. The minimum atomic E-state index is -1.12. The van der Waals surface area contributed by atoms with E-state index in [0.29, 0.717) is 17.6 Å². The molecule has 1 saturated carbocycles. The third-order valence-corrected chi connectivity index (χ3v) is 8.03. The van der Waals surface area contributed by atoms with Gasteiger partial charge in [-0.05, 0) is 50.1 Å². The number of nitrogens with one attached hydrogen (secondary N) is 2. The molecule has 45 heavy (non-hydrogen) atoms. The lowest BCUT2D eigenvalue weighted by Gasteiger charge is -2.15. The number of aromatic nitrogens is 3. The summed E-state index contributed by atoms with van der Waals surface area (Å²) in [6.07, 6.45) is 7.67. The van der Waals surface area contributed by atoms with E-state index in [1.54, 1.807) is 37.5 Å². The number of aryl methyl sites for hydroxylation is 1. The number of amides is 1. The molecule has 3 aromatic heterocycles. The zero-order chi connectivity index (χ0) is 32.0. The molecule has 0 spiro atoms. The van der Waals surface area contributed by atoms with Crippen LogP contribution in [0.5, 0.6) is 5.75 Å². The maximum absolute atomic E-state index is 16.0. The van der Waals surface area contributed by atoms with Gasteiger partial charge in [0.25, 0.3) is 5.56 Å². The molecule has 0 saturated heterocycles. The van der Waals surface area contributed by atoms with Gasteiger partial charge in [-0.25, -0.2) is 13.2 Å². The summed E-state index contributed by atoms with van der Waals surface area (Å²) < 4.78 is 54.5. The van der Waals surface area contributed by atoms with Gasteiger partial charge in [0.1, 0.15) is 34.3 Å². The van der Waals surface area contributed by atoms with Crippen molar-refractivity contribution < 1.29 is 27.5 Å². The van der Waals surface area contributed by atoms with Crippen LogP contribution >= 0.6 is 0 Å². The number of fused-ring (bicyclic) bond motifs is 2. The highest BCUT2D eigenvalue weighted by Gasteiger charge is 2.35. The molecule has 6 rings (SSSR count). The molecule has 1 fully saturated rings. The van der Waals surface area contributed by atoms with Crippen molar-refractivity contribution in [3.05, 3.63) is 106 Å². The second kappa shape index (κ2) is 11.4. The fourth-order valence-electron chi connectivity index (χ4n) is 5.28. The van der Waals surface area contributed by atoms with Crippen LogP contribution in [0.1, 0.15) is 35.8 Å². The van der Waals surface area contributed by atoms with Crippen molar-refractivity contribution in [3.63, 3.8) is 0 Å². The number of carbonyl (C=O) groups excluding carboxylic acids is 2. The summed E-state index contributed by atoms with van der Waals surface area (Å²) in [5.74, 6) is -4.37. The van der Waals surface area contributed by atoms with Crippen LogP contribution in [-0.4, -0.2) is 44.8 Å². The number of anilines is 1. The first-order chi connectivity index (χ1) is 21.5. The summed E-state index contributed by atoms with van der Waals surface area (Å²) in [5.41, 5.74) is -0.649. The fourth-order valence-corrected chi connectivity index (χ4v) is 5.28. The second-order valence-corrected chi connectivity index (χ2v) is 11.2. The van der Waals surface area contributed by atoms with Crippen LogP contribution < -0.4 is 20.9 Å². The molecule has 2 N–H and O–H groups in total. The van der Waals surface area contributed by atoms with Crippen LogP contribution in [-0.2, 0) is 11.8 Å². The van der Waals surface area contributed by atoms with Crippen molar-refractivity contribution in [3.8, 4) is 16.9 Å². The van der Waals surface area contributed by atoms with E-state index in [4.69, 9.17) is 4.74 Å². The van der Waals surface area contributed by atoms with Crippen LogP contribution in [0, 0.1) is 17.5 Å². The summed E-state index contributed by atoms with van der Waals surface area (Å²) in [6.45, 7) is 2.50. The van der Waals surface area contributed by atoms with Crippen LogP contribution in [0.25, 0.3) is 27.5 Å². The Kier molecular flexibility index (Phi) is 7.53. The normalized spacial score (nSPS) is 13.9. The molecule has 1 aliphatic rings. The number of ketones is 1. The van der Waals surface area contributed by atoms with E-state index in [1.165, 1.54) is 40.6 Å². The van der Waals surface area contributed by atoms with Gasteiger partial charge < -0.3 is 24.3 Å². The summed E-state index contributed by atoms with van der Waals surface area (Å²) in [4.78, 5) is 42.0. The second-order valence-electron chi connectivity index (χ2n) is 11.2. The van der Waals surface area contributed by atoms with Gasteiger partial charge in [0.05, 0.1) is 35.7 Å². The van der Waals surface area contributed by atoms with Crippen molar-refractivity contribution in [2.45, 2.75) is 25.3 Å². The monoisotopic (exact) mass is 615 g/mol. The highest BCUT2D eigenvalue weighted by molar-refractivity contribution is 6.09. The Bertz CT molecular complexity index is 2090. The van der Waals surface area contributed by atoms with Crippen molar-refractivity contribution >= 4 is 33.8 Å². The zero-order valence-electron chi connectivity index (χ0n) is 24.6. The minimum absolute atomic E-state index is 0.0125. The summed E-state index contributed by atoms with van der Waals surface area (Å²) in [7, 11) is 2.99. The maximum Gasteiger partial charge on any atom is 0.283 e. The fraction of sp³-hybridized carbons (Fsp3) is 0.212. The predicted octanol–water partition coefficient (Wildman–Crippen LogP) is 5.15. The minimum Gasteiger partial charge on any atom is -0.496 e. The first-order valence-corrected chi connectivity index (χ1v) is 14.1. The number of hydrogen-bond acceptors (Lipinski definition) is 6. The summed E-state index contributed by atoms with van der Waals surface area (Å²) in [5, 5.41) is 5.22. The number of rotatable bonds is 9. The molecule has 0 atom stereocenters. The van der Waals surface area contributed by atoms with E-state index in [0.717, 1.165) is 25.0 Å². The van der Waals surface area contributed by atoms with Gasteiger partial charge in [0.2, 0.25) is 11.7 Å². The lowest BCUT2D eigenvalue weighted by molar-refractivity contribution is -0.112. The molecule has 0 aliphatic heterocycles. The lowest BCUT2D eigenvalue weighted by Crippen LogP contribution is -2.27. The topological polar surface area (TPSA) is 107 Å². The van der Waals surface area contributed by atoms with Gasteiger partial charge in [-0.3, -0.25) is 14.4 Å². The standard InChI is InChI=1S/C33H28F3N5O4/c1-33(10-11-33)38-12-4-7-26(42)39-30-20(34)14-18(15-21(30)35)31(43)23-9-8-22-19(6-5-13-41(22)23)27-25(45-3)16-24-28(29(27)36)32(44)37-17-40(24)2/h4-9,13-17,38H,10-12H2,1-3H3,(H,39,42)/b7-4+. The van der Waals surface area contributed by atoms with Crippen LogP contribution in [0.15, 0.2) is 71.9 Å². The zero-order valence-corrected chi connectivity index (χ0v) is 24.6. The maximum atomic E-state index is 16.0. The van der Waals surface area contributed by atoms with Gasteiger partial charge >= 0.3 is 0 Å². The Morgan fingerprint density at radius 1 is 1.09 bits per heavy atom. The van der Waals surface area contributed by atoms with Gasteiger partial charge in [-0.2, -0.15) is 4.98 Å². The molecule has 12 heteroatoms. The largest absolute Gasteiger partial charge is 0.496 e. The quantitative estimate of drug-likeness (QED) is 0.176.